The van der Waals surface area contributed by atoms with Gasteiger partial charge in [-0.2, -0.15) is 0 Å². The first-order chi connectivity index (χ1) is 10.1. The molecule has 2 atom stereocenters. The Morgan fingerprint density at radius 2 is 2.09 bits per heavy atom. The van der Waals surface area contributed by atoms with Gasteiger partial charge in [-0.3, -0.25) is 0 Å². The summed E-state index contributed by atoms with van der Waals surface area (Å²) in [5.41, 5.74) is -0.467. The molecule has 0 aromatic rings. The number of carbonyl (C=O) groups excluding carboxylic acids is 1. The Hall–Kier alpha value is -0.850. The van der Waals surface area contributed by atoms with Crippen molar-refractivity contribution in [3.8, 4) is 0 Å². The van der Waals surface area contributed by atoms with Gasteiger partial charge in [-0.15, -0.1) is 0 Å². The van der Waals surface area contributed by atoms with Crippen LogP contribution < -0.4 is 0 Å². The van der Waals surface area contributed by atoms with Crippen LogP contribution in [0.2, 0.25) is 0 Å². The largest absolute Gasteiger partial charge is 0.444 e. The lowest BCUT2D eigenvalue weighted by Crippen LogP contribution is -2.46. The molecular formula is C16H29NO5. The summed E-state index contributed by atoms with van der Waals surface area (Å²) in [6.07, 6.45) is 1.62. The van der Waals surface area contributed by atoms with E-state index in [4.69, 9.17) is 18.9 Å². The third-order valence-corrected chi connectivity index (χ3v) is 3.61. The van der Waals surface area contributed by atoms with E-state index in [9.17, 15) is 4.79 Å². The van der Waals surface area contributed by atoms with E-state index in [-0.39, 0.29) is 18.3 Å². The Morgan fingerprint density at radius 3 is 2.68 bits per heavy atom. The predicted octanol–water partition coefficient (Wildman–Crippen LogP) is 2.55. The number of carbonyl (C=O) groups is 1. The van der Waals surface area contributed by atoms with Gasteiger partial charge in [-0.25, -0.2) is 4.79 Å². The SMILES string of the molecule is CC(C)(C)OC(=O)N1CCCC(OCC2COC(C)(C)O2)C1. The van der Waals surface area contributed by atoms with Crippen molar-refractivity contribution in [2.45, 2.75) is 71.1 Å². The average molecular weight is 315 g/mol. The number of likely N-dealkylation sites (tertiary alicyclic amines) is 1. The lowest BCUT2D eigenvalue weighted by atomic mass is 10.1. The van der Waals surface area contributed by atoms with Gasteiger partial charge in [0.15, 0.2) is 5.79 Å². The standard InChI is InChI=1S/C16H29NO5/c1-15(2,3)22-14(18)17-8-6-7-12(9-17)19-10-13-11-20-16(4,5)21-13/h12-13H,6-11H2,1-5H3. The quantitative estimate of drug-likeness (QED) is 0.801. The highest BCUT2D eigenvalue weighted by Crippen LogP contribution is 2.23. The first-order valence-electron chi connectivity index (χ1n) is 8.06. The number of rotatable bonds is 3. The van der Waals surface area contributed by atoms with Crippen LogP contribution in [0.25, 0.3) is 0 Å². The van der Waals surface area contributed by atoms with Crippen LogP contribution in [0.1, 0.15) is 47.5 Å². The second-order valence-corrected chi connectivity index (χ2v) is 7.47. The zero-order valence-corrected chi connectivity index (χ0v) is 14.4. The molecule has 128 valence electrons. The van der Waals surface area contributed by atoms with Gasteiger partial charge in [0.1, 0.15) is 11.7 Å². The molecule has 0 aliphatic carbocycles. The smallest absolute Gasteiger partial charge is 0.410 e. The maximum Gasteiger partial charge on any atom is 0.410 e. The van der Waals surface area contributed by atoms with Crippen molar-refractivity contribution in [2.75, 3.05) is 26.3 Å². The van der Waals surface area contributed by atoms with Crippen LogP contribution in [0.5, 0.6) is 0 Å². The molecule has 0 radical (unpaired) electrons. The van der Waals surface area contributed by atoms with Gasteiger partial charge in [-0.05, 0) is 47.5 Å². The van der Waals surface area contributed by atoms with E-state index in [1.165, 1.54) is 0 Å². The molecule has 0 aromatic carbocycles. The van der Waals surface area contributed by atoms with E-state index in [1.807, 2.05) is 34.6 Å². The fourth-order valence-electron chi connectivity index (χ4n) is 2.66. The van der Waals surface area contributed by atoms with Crippen molar-refractivity contribution in [1.29, 1.82) is 0 Å². The normalized spacial score (nSPS) is 28.7. The first-order valence-corrected chi connectivity index (χ1v) is 8.06. The minimum absolute atomic E-state index is 0.0353. The molecule has 0 saturated carbocycles. The van der Waals surface area contributed by atoms with Crippen molar-refractivity contribution < 1.29 is 23.7 Å². The third kappa shape index (κ3) is 5.41. The van der Waals surface area contributed by atoms with Crippen molar-refractivity contribution in [3.63, 3.8) is 0 Å². The Kier molecular flexibility index (Phi) is 5.35. The van der Waals surface area contributed by atoms with Crippen LogP contribution in [-0.4, -0.2) is 60.9 Å². The number of nitrogens with zero attached hydrogens (tertiary/aromatic N) is 1. The molecule has 6 heteroatoms. The van der Waals surface area contributed by atoms with Gasteiger partial charge in [0.25, 0.3) is 0 Å². The Bertz CT molecular complexity index is 390. The summed E-state index contributed by atoms with van der Waals surface area (Å²) in [4.78, 5) is 13.8. The molecule has 0 aromatic heterocycles. The van der Waals surface area contributed by atoms with E-state index >= 15 is 0 Å². The van der Waals surface area contributed by atoms with Gasteiger partial charge in [0, 0.05) is 6.54 Å². The molecule has 0 bridgehead atoms. The zero-order chi connectivity index (χ0) is 16.4. The van der Waals surface area contributed by atoms with Gasteiger partial charge in [-0.1, -0.05) is 0 Å². The maximum absolute atomic E-state index is 12.1. The lowest BCUT2D eigenvalue weighted by molar-refractivity contribution is -0.149. The van der Waals surface area contributed by atoms with Gasteiger partial charge in [0.2, 0.25) is 0 Å². The molecule has 2 aliphatic heterocycles. The van der Waals surface area contributed by atoms with Crippen LogP contribution in [0.4, 0.5) is 4.79 Å². The molecule has 2 saturated heterocycles. The summed E-state index contributed by atoms with van der Waals surface area (Å²) in [6.45, 7) is 11.8. The van der Waals surface area contributed by atoms with Gasteiger partial charge in [0.05, 0.1) is 25.9 Å². The number of hydrogen-bond donors (Lipinski definition) is 0. The number of hydrogen-bond acceptors (Lipinski definition) is 5. The highest BCUT2D eigenvalue weighted by atomic mass is 16.7. The molecule has 1 amide bonds. The van der Waals surface area contributed by atoms with Crippen molar-refractivity contribution in [2.24, 2.45) is 0 Å². The van der Waals surface area contributed by atoms with Crippen LogP contribution in [0.3, 0.4) is 0 Å². The molecule has 0 N–H and O–H groups in total. The summed E-state index contributed by atoms with van der Waals surface area (Å²) in [5, 5.41) is 0. The van der Waals surface area contributed by atoms with Gasteiger partial charge >= 0.3 is 6.09 Å². The molecule has 2 fully saturated rings. The summed E-state index contributed by atoms with van der Waals surface area (Å²) in [6, 6.07) is 0. The minimum atomic E-state index is -0.525. The minimum Gasteiger partial charge on any atom is -0.444 e. The van der Waals surface area contributed by atoms with E-state index in [1.54, 1.807) is 4.90 Å². The van der Waals surface area contributed by atoms with E-state index in [0.29, 0.717) is 19.8 Å². The van der Waals surface area contributed by atoms with Crippen LogP contribution >= 0.6 is 0 Å². The second kappa shape index (κ2) is 6.72. The monoisotopic (exact) mass is 315 g/mol. The topological polar surface area (TPSA) is 57.2 Å². The number of piperidine rings is 1. The molecular weight excluding hydrogens is 286 g/mol. The third-order valence-electron chi connectivity index (χ3n) is 3.61. The molecule has 0 spiro atoms. The van der Waals surface area contributed by atoms with Crippen LogP contribution in [0.15, 0.2) is 0 Å². The maximum atomic E-state index is 12.1. The fraction of sp³-hybridized carbons (Fsp3) is 0.938. The van der Waals surface area contributed by atoms with Gasteiger partial charge < -0.3 is 23.8 Å². The van der Waals surface area contributed by atoms with Crippen LogP contribution in [0, 0.1) is 0 Å². The highest BCUT2D eigenvalue weighted by molar-refractivity contribution is 5.68. The first kappa shape index (κ1) is 17.5. The summed E-state index contributed by atoms with van der Waals surface area (Å²) < 4.78 is 22.6. The molecule has 2 unspecified atom stereocenters. The number of ether oxygens (including phenoxy) is 4. The molecule has 6 nitrogen and oxygen atoms in total. The Morgan fingerprint density at radius 1 is 1.36 bits per heavy atom. The molecule has 2 heterocycles. The van der Waals surface area contributed by atoms with Crippen molar-refractivity contribution >= 4 is 6.09 Å². The highest BCUT2D eigenvalue weighted by Gasteiger charge is 2.34. The van der Waals surface area contributed by atoms with E-state index in [2.05, 4.69) is 0 Å². The number of amides is 1. The summed E-state index contributed by atoms with van der Waals surface area (Å²) in [7, 11) is 0. The van der Waals surface area contributed by atoms with Crippen molar-refractivity contribution in [3.05, 3.63) is 0 Å². The van der Waals surface area contributed by atoms with E-state index in [0.717, 1.165) is 19.4 Å². The Labute approximate surface area is 133 Å². The van der Waals surface area contributed by atoms with E-state index < -0.39 is 11.4 Å². The zero-order valence-electron chi connectivity index (χ0n) is 14.4. The molecule has 2 aliphatic rings. The lowest BCUT2D eigenvalue weighted by Gasteiger charge is -2.34. The summed E-state index contributed by atoms with van der Waals surface area (Å²) in [5.74, 6) is -0.525. The van der Waals surface area contributed by atoms with Crippen LogP contribution in [-0.2, 0) is 18.9 Å². The predicted molar refractivity (Wildman–Crippen MR) is 81.7 cm³/mol. The summed E-state index contributed by atoms with van der Waals surface area (Å²) >= 11 is 0. The average Bonchev–Trinajstić information content (AvgIpc) is 2.74. The molecule has 22 heavy (non-hydrogen) atoms. The fourth-order valence-corrected chi connectivity index (χ4v) is 2.66. The second-order valence-electron chi connectivity index (χ2n) is 7.47. The Balaban J connectivity index is 1.75. The molecule has 2 rings (SSSR count). The van der Waals surface area contributed by atoms with Crippen molar-refractivity contribution in [1.82, 2.24) is 4.90 Å².